The zero-order valence-corrected chi connectivity index (χ0v) is 22.9. The highest BCUT2D eigenvalue weighted by molar-refractivity contribution is 7.13. The second kappa shape index (κ2) is 11.6. The quantitative estimate of drug-likeness (QED) is 0.192. The van der Waals surface area contributed by atoms with Crippen molar-refractivity contribution in [2.45, 2.75) is 38.3 Å². The Morgan fingerprint density at radius 2 is 2.02 bits per heavy atom. The molecule has 1 N–H and O–H groups in total. The van der Waals surface area contributed by atoms with Crippen LogP contribution in [0.1, 0.15) is 49.1 Å². The van der Waals surface area contributed by atoms with Crippen molar-refractivity contribution in [3.8, 4) is 16.3 Å². The maximum atomic E-state index is 14.4. The number of anilines is 2. The number of thiazole rings is 1. The predicted molar refractivity (Wildman–Crippen MR) is 152 cm³/mol. The average Bonchev–Trinajstić information content (AvgIpc) is 3.67. The minimum atomic E-state index is -2.83. The Morgan fingerprint density at radius 1 is 1.15 bits per heavy atom. The van der Waals surface area contributed by atoms with E-state index >= 15 is 0 Å². The molecule has 1 atom stereocenters. The van der Waals surface area contributed by atoms with E-state index in [1.54, 1.807) is 37.6 Å². The van der Waals surface area contributed by atoms with Crippen molar-refractivity contribution in [1.29, 1.82) is 0 Å². The molecule has 12 heteroatoms. The number of benzene rings is 1. The van der Waals surface area contributed by atoms with Gasteiger partial charge in [0.25, 0.3) is 12.2 Å². The lowest BCUT2D eigenvalue weighted by molar-refractivity contribution is -0.0363. The number of fused-ring (bicyclic) bond motifs is 1. The third kappa shape index (κ3) is 5.33. The molecule has 0 bridgehead atoms. The van der Waals surface area contributed by atoms with Crippen LogP contribution in [0.3, 0.4) is 0 Å². The summed E-state index contributed by atoms with van der Waals surface area (Å²) >= 11 is 1.48. The summed E-state index contributed by atoms with van der Waals surface area (Å²) in [6.45, 7) is 7.78. The largest absolute Gasteiger partial charge is 0.494 e. The van der Waals surface area contributed by atoms with E-state index < -0.39 is 18.5 Å². The fourth-order valence-electron chi connectivity index (χ4n) is 5.02. The van der Waals surface area contributed by atoms with Crippen LogP contribution in [0.15, 0.2) is 54.0 Å². The molecule has 1 aromatic carbocycles. The summed E-state index contributed by atoms with van der Waals surface area (Å²) in [4.78, 5) is 21.4. The van der Waals surface area contributed by atoms with Gasteiger partial charge in [-0.2, -0.15) is 0 Å². The molecule has 1 aliphatic rings. The summed E-state index contributed by atoms with van der Waals surface area (Å²) in [5.41, 5.74) is 3.70. The number of aromatic nitrogens is 5. The van der Waals surface area contributed by atoms with Crippen LogP contribution in [0, 0.1) is 6.57 Å². The van der Waals surface area contributed by atoms with Crippen LogP contribution in [0.2, 0.25) is 0 Å². The lowest BCUT2D eigenvalue weighted by atomic mass is 10.1. The number of pyridine rings is 2. The Bertz CT molecular complexity index is 1730. The summed E-state index contributed by atoms with van der Waals surface area (Å²) in [5.74, 6) is 0.437. The second-order valence-corrected chi connectivity index (χ2v) is 10.3. The van der Waals surface area contributed by atoms with Crippen molar-refractivity contribution in [3.63, 3.8) is 0 Å². The van der Waals surface area contributed by atoms with Crippen molar-refractivity contribution >= 4 is 39.7 Å². The molecule has 0 saturated carbocycles. The summed E-state index contributed by atoms with van der Waals surface area (Å²) in [5, 5.41) is 6.05. The number of nitrogens with one attached hydrogen (secondary N) is 1. The molecule has 5 heterocycles. The molecule has 1 saturated heterocycles. The van der Waals surface area contributed by atoms with Crippen molar-refractivity contribution < 1.29 is 18.3 Å². The molecule has 208 valence electrons. The SMILES string of the molecule is [C-]#[N+]c1cccc(Cc2cc(Nc3cccc(-c4nccs4)c3OC)c3nc(C(F)F)n(C4CCCCO4)c3n2)n1. The molecule has 1 aliphatic heterocycles. The molecular formula is C29H25F2N7O2S. The zero-order chi connectivity index (χ0) is 28.3. The highest BCUT2D eigenvalue weighted by Crippen LogP contribution is 2.41. The maximum Gasteiger partial charge on any atom is 0.295 e. The molecule has 1 unspecified atom stereocenters. The van der Waals surface area contributed by atoms with Gasteiger partial charge in [-0.1, -0.05) is 18.7 Å². The van der Waals surface area contributed by atoms with E-state index in [0.717, 1.165) is 23.4 Å². The topological polar surface area (TPSA) is 91.3 Å². The first-order valence-electron chi connectivity index (χ1n) is 13.0. The predicted octanol–water partition coefficient (Wildman–Crippen LogP) is 7.48. The average molecular weight is 574 g/mol. The molecule has 0 aliphatic carbocycles. The number of hydrogen-bond acceptors (Lipinski definition) is 8. The fourth-order valence-corrected chi connectivity index (χ4v) is 5.68. The van der Waals surface area contributed by atoms with Crippen LogP contribution in [0.5, 0.6) is 5.75 Å². The molecule has 1 fully saturated rings. The Labute approximate surface area is 238 Å². The lowest BCUT2D eigenvalue weighted by Crippen LogP contribution is -2.20. The van der Waals surface area contributed by atoms with Crippen LogP contribution in [-0.2, 0) is 11.2 Å². The number of methoxy groups -OCH3 is 1. The number of rotatable bonds is 8. The van der Waals surface area contributed by atoms with E-state index in [-0.39, 0.29) is 12.2 Å². The van der Waals surface area contributed by atoms with Crippen LogP contribution in [0.4, 0.5) is 26.0 Å². The first-order chi connectivity index (χ1) is 20.1. The van der Waals surface area contributed by atoms with Gasteiger partial charge in [0.1, 0.15) is 22.4 Å². The number of nitrogens with zero attached hydrogens (tertiary/aromatic N) is 6. The van der Waals surface area contributed by atoms with E-state index in [1.807, 2.05) is 23.6 Å². The van der Waals surface area contributed by atoms with Crippen molar-refractivity contribution in [3.05, 3.63) is 82.7 Å². The third-order valence-corrected chi connectivity index (χ3v) is 7.59. The number of alkyl halides is 2. The van der Waals surface area contributed by atoms with Gasteiger partial charge >= 0.3 is 0 Å². The van der Waals surface area contributed by atoms with Gasteiger partial charge in [0.15, 0.2) is 17.2 Å². The molecule has 41 heavy (non-hydrogen) atoms. The number of ether oxygens (including phenoxy) is 2. The third-order valence-electron chi connectivity index (χ3n) is 6.79. The number of para-hydroxylation sites is 1. The fraction of sp³-hybridized carbons (Fsp3) is 0.276. The summed E-state index contributed by atoms with van der Waals surface area (Å²) < 4.78 is 41.9. The zero-order valence-electron chi connectivity index (χ0n) is 22.1. The van der Waals surface area contributed by atoms with Gasteiger partial charge in [0.05, 0.1) is 36.2 Å². The smallest absolute Gasteiger partial charge is 0.295 e. The van der Waals surface area contributed by atoms with Crippen LogP contribution in [0.25, 0.3) is 26.6 Å². The first kappa shape index (κ1) is 26.7. The van der Waals surface area contributed by atoms with Gasteiger partial charge in [-0.05, 0) is 49.6 Å². The van der Waals surface area contributed by atoms with Crippen LogP contribution in [-0.4, -0.2) is 38.2 Å². The van der Waals surface area contributed by atoms with E-state index in [1.165, 1.54) is 15.9 Å². The Hall–Kier alpha value is -4.47. The van der Waals surface area contributed by atoms with Crippen molar-refractivity contribution in [1.82, 2.24) is 24.5 Å². The summed E-state index contributed by atoms with van der Waals surface area (Å²) in [7, 11) is 1.57. The number of halogens is 2. The summed E-state index contributed by atoms with van der Waals surface area (Å²) in [6, 6.07) is 12.6. The van der Waals surface area contributed by atoms with Crippen molar-refractivity contribution in [2.75, 3.05) is 19.0 Å². The molecule has 5 aromatic rings. The van der Waals surface area contributed by atoms with Gasteiger partial charge in [-0.25, -0.2) is 23.7 Å². The highest BCUT2D eigenvalue weighted by atomic mass is 32.1. The van der Waals surface area contributed by atoms with Gasteiger partial charge in [0, 0.05) is 18.2 Å². The monoisotopic (exact) mass is 573 g/mol. The minimum Gasteiger partial charge on any atom is -0.494 e. The molecule has 0 amide bonds. The standard InChI is InChI=1S/C29H25F2N7O2S/c1-32-22-10-5-7-17(34-22)15-18-16-21(36-20-9-6-8-19(25(20)39-2)29-33-12-14-41-29)24-27(35-18)38(28(37-24)26(30)31)23-11-3-4-13-40-23/h5-10,12,14,16,23,26H,3-4,11,13,15H2,2H3,(H,35,36). The van der Waals surface area contributed by atoms with E-state index in [4.69, 9.17) is 21.0 Å². The van der Waals surface area contributed by atoms with E-state index in [0.29, 0.717) is 52.7 Å². The van der Waals surface area contributed by atoms with Gasteiger partial charge < -0.3 is 19.6 Å². The van der Waals surface area contributed by atoms with E-state index in [2.05, 4.69) is 25.1 Å². The van der Waals surface area contributed by atoms with Gasteiger partial charge in [0.2, 0.25) is 0 Å². The normalized spacial score (nSPS) is 15.2. The lowest BCUT2D eigenvalue weighted by Gasteiger charge is -2.25. The number of hydrogen-bond donors (Lipinski definition) is 1. The minimum absolute atomic E-state index is 0.270. The van der Waals surface area contributed by atoms with Gasteiger partial charge in [-0.3, -0.25) is 4.57 Å². The molecule has 6 rings (SSSR count). The molecule has 0 radical (unpaired) electrons. The Kier molecular flexibility index (Phi) is 7.54. The maximum absolute atomic E-state index is 14.4. The number of imidazole rings is 1. The molecule has 4 aromatic heterocycles. The summed E-state index contributed by atoms with van der Waals surface area (Å²) in [6.07, 6.45) is 0.887. The Balaban J connectivity index is 1.52. The van der Waals surface area contributed by atoms with Crippen LogP contribution < -0.4 is 10.1 Å². The first-order valence-corrected chi connectivity index (χ1v) is 13.9. The second-order valence-electron chi connectivity index (χ2n) is 9.42. The van der Waals surface area contributed by atoms with Crippen molar-refractivity contribution in [2.24, 2.45) is 0 Å². The molecule has 0 spiro atoms. The molecule has 9 nitrogen and oxygen atoms in total. The van der Waals surface area contributed by atoms with Crippen LogP contribution >= 0.6 is 11.3 Å². The Morgan fingerprint density at radius 3 is 2.76 bits per heavy atom. The van der Waals surface area contributed by atoms with Gasteiger partial charge in [-0.15, -0.1) is 16.3 Å². The highest BCUT2D eigenvalue weighted by Gasteiger charge is 2.29. The molecular weight excluding hydrogens is 548 g/mol. The van der Waals surface area contributed by atoms with E-state index in [9.17, 15) is 8.78 Å².